The van der Waals surface area contributed by atoms with Gasteiger partial charge in [-0.25, -0.2) is 9.86 Å². The molecule has 8 nitrogen and oxygen atoms in total. The molecule has 1 aromatic carbocycles. The van der Waals surface area contributed by atoms with Crippen LogP contribution in [0.25, 0.3) is 0 Å². The fourth-order valence-electron chi connectivity index (χ4n) is 3.14. The van der Waals surface area contributed by atoms with E-state index in [1.165, 1.54) is 23.8 Å². The van der Waals surface area contributed by atoms with E-state index in [9.17, 15) is 14.4 Å². The molecule has 2 amide bonds. The van der Waals surface area contributed by atoms with Gasteiger partial charge in [0.15, 0.2) is 12.6 Å². The minimum absolute atomic E-state index is 0.0864. The van der Waals surface area contributed by atoms with Gasteiger partial charge in [0.2, 0.25) is 3.79 Å². The number of hydrogen-bond acceptors (Lipinski definition) is 7. The molecule has 31 heavy (non-hydrogen) atoms. The van der Waals surface area contributed by atoms with Gasteiger partial charge in [-0.3, -0.25) is 19.3 Å². The second-order valence-electron chi connectivity index (χ2n) is 6.68. The number of rotatable bonds is 7. The maximum Gasteiger partial charge on any atom is 0.355 e. The average molecular weight is 510 g/mol. The minimum atomic E-state index is -1.77. The lowest BCUT2D eigenvalue weighted by Crippen LogP contribution is -2.71. The topological polar surface area (TPSA) is 85.4 Å². The van der Waals surface area contributed by atoms with Gasteiger partial charge in [-0.05, 0) is 24.6 Å². The number of ether oxygens (including phenoxy) is 2. The van der Waals surface area contributed by atoms with E-state index in [4.69, 9.17) is 49.1 Å². The maximum absolute atomic E-state index is 12.9. The Labute approximate surface area is 198 Å². The van der Waals surface area contributed by atoms with Crippen LogP contribution in [0.1, 0.15) is 6.92 Å². The van der Waals surface area contributed by atoms with Crippen LogP contribution in [0.15, 0.2) is 41.6 Å². The van der Waals surface area contributed by atoms with Crippen molar-refractivity contribution in [2.45, 2.75) is 22.1 Å². The summed E-state index contributed by atoms with van der Waals surface area (Å²) in [5.74, 6) is -0.819. The molecule has 168 valence electrons. The van der Waals surface area contributed by atoms with Gasteiger partial charge in [0.1, 0.15) is 23.4 Å². The SMILES string of the molecule is CON(C(=O)COc1ccccc1)C1C(=O)N2C(C(=O)OCC(Cl)(Cl)Cl)=C(C)CS[C@@H]12. The number of carbonyl (C=O) groups excluding carboxylic acids is 3. The van der Waals surface area contributed by atoms with Gasteiger partial charge >= 0.3 is 5.97 Å². The monoisotopic (exact) mass is 508 g/mol. The Kier molecular flexibility index (Phi) is 7.64. The third kappa shape index (κ3) is 5.40. The number of nitrogens with zero attached hydrogens (tertiary/aromatic N) is 2. The molecule has 2 heterocycles. The van der Waals surface area contributed by atoms with Crippen LogP contribution in [0.5, 0.6) is 5.75 Å². The standard InChI is InChI=1S/C19H19Cl3N2O6S/c1-11-9-31-17-15(16(26)23(17)14(11)18(27)30-10-19(20,21)22)24(28-2)13(25)8-29-12-6-4-3-5-7-12/h3-7,15,17H,8-10H2,1-2H3/t15?,17-/m0/s1. The molecule has 2 aliphatic heterocycles. The summed E-state index contributed by atoms with van der Waals surface area (Å²) < 4.78 is 8.73. The predicted molar refractivity (Wildman–Crippen MR) is 117 cm³/mol. The third-order valence-corrected chi connectivity index (χ3v) is 6.23. The highest BCUT2D eigenvalue weighted by atomic mass is 35.6. The zero-order chi connectivity index (χ0) is 22.8. The molecule has 0 saturated carbocycles. The summed E-state index contributed by atoms with van der Waals surface area (Å²) in [5.41, 5.74) is 0.730. The van der Waals surface area contributed by atoms with Gasteiger partial charge in [-0.15, -0.1) is 11.8 Å². The quantitative estimate of drug-likeness (QED) is 0.242. The Morgan fingerprint density at radius 2 is 1.94 bits per heavy atom. The van der Waals surface area contributed by atoms with Crippen molar-refractivity contribution in [2.24, 2.45) is 0 Å². The molecule has 1 unspecified atom stereocenters. The van der Waals surface area contributed by atoms with E-state index in [0.717, 1.165) is 5.06 Å². The summed E-state index contributed by atoms with van der Waals surface area (Å²) in [6.45, 7) is 0.935. The number of carbonyl (C=O) groups is 3. The second kappa shape index (κ2) is 9.87. The highest BCUT2D eigenvalue weighted by Gasteiger charge is 2.57. The average Bonchev–Trinajstić information content (AvgIpc) is 2.74. The van der Waals surface area contributed by atoms with Crippen LogP contribution < -0.4 is 4.74 Å². The van der Waals surface area contributed by atoms with Crippen molar-refractivity contribution in [1.29, 1.82) is 0 Å². The molecule has 12 heteroatoms. The van der Waals surface area contributed by atoms with Crippen LogP contribution in [-0.4, -0.2) is 69.0 Å². The number of hydrogen-bond donors (Lipinski definition) is 0. The van der Waals surface area contributed by atoms with Crippen LogP contribution in [0.2, 0.25) is 0 Å². The van der Waals surface area contributed by atoms with Crippen LogP contribution in [-0.2, 0) is 24.0 Å². The molecule has 0 N–H and O–H groups in total. The molecule has 1 fully saturated rings. The number of para-hydroxylation sites is 1. The molecule has 0 aromatic heterocycles. The molecular formula is C19H19Cl3N2O6S. The highest BCUT2D eigenvalue weighted by molar-refractivity contribution is 8.00. The molecule has 0 radical (unpaired) electrons. The first kappa shape index (κ1) is 24.0. The number of alkyl halides is 3. The molecule has 3 rings (SSSR count). The lowest BCUT2D eigenvalue weighted by atomic mass is 10.0. The molecule has 0 aliphatic carbocycles. The van der Waals surface area contributed by atoms with Gasteiger partial charge in [0.25, 0.3) is 11.8 Å². The van der Waals surface area contributed by atoms with E-state index >= 15 is 0 Å². The molecule has 2 atom stereocenters. The number of esters is 1. The van der Waals surface area contributed by atoms with Crippen LogP contribution in [0.4, 0.5) is 0 Å². The smallest absolute Gasteiger partial charge is 0.355 e. The van der Waals surface area contributed by atoms with Crippen molar-refractivity contribution in [3.05, 3.63) is 41.6 Å². The van der Waals surface area contributed by atoms with E-state index in [-0.39, 0.29) is 12.3 Å². The minimum Gasteiger partial charge on any atom is -0.484 e. The normalized spacial score (nSPS) is 20.7. The Balaban J connectivity index is 1.69. The molecular weight excluding hydrogens is 491 g/mol. The number of hydroxylamine groups is 2. The first-order chi connectivity index (χ1) is 14.6. The predicted octanol–water partition coefficient (Wildman–Crippen LogP) is 2.93. The lowest BCUT2D eigenvalue weighted by Gasteiger charge is -2.51. The Morgan fingerprint density at radius 3 is 2.55 bits per heavy atom. The summed E-state index contributed by atoms with van der Waals surface area (Å²) in [5, 5.41) is 0.455. The molecule has 1 saturated heterocycles. The maximum atomic E-state index is 12.9. The number of thioether (sulfide) groups is 1. The van der Waals surface area contributed by atoms with Crippen LogP contribution in [0.3, 0.4) is 0 Å². The van der Waals surface area contributed by atoms with Crippen molar-refractivity contribution >= 4 is 64.3 Å². The largest absolute Gasteiger partial charge is 0.484 e. The number of β-lactam (4-membered cyclic amide) rings is 1. The van der Waals surface area contributed by atoms with E-state index < -0.39 is 39.6 Å². The van der Waals surface area contributed by atoms with Crippen LogP contribution >= 0.6 is 46.6 Å². The van der Waals surface area contributed by atoms with Crippen molar-refractivity contribution in [2.75, 3.05) is 26.1 Å². The van der Waals surface area contributed by atoms with Crippen molar-refractivity contribution < 1.29 is 28.7 Å². The summed E-state index contributed by atoms with van der Waals surface area (Å²) >= 11 is 18.3. The van der Waals surface area contributed by atoms with Crippen molar-refractivity contribution in [1.82, 2.24) is 9.96 Å². The third-order valence-electron chi connectivity index (χ3n) is 4.49. The van der Waals surface area contributed by atoms with Gasteiger partial charge in [0, 0.05) is 5.75 Å². The van der Waals surface area contributed by atoms with Crippen LogP contribution in [0, 0.1) is 0 Å². The van der Waals surface area contributed by atoms with Crippen molar-refractivity contribution in [3.63, 3.8) is 0 Å². The van der Waals surface area contributed by atoms with Crippen molar-refractivity contribution in [3.8, 4) is 5.75 Å². The number of fused-ring (bicyclic) bond motifs is 1. The van der Waals surface area contributed by atoms with Gasteiger partial charge < -0.3 is 9.47 Å². The number of benzene rings is 1. The zero-order valence-corrected chi connectivity index (χ0v) is 19.6. The molecule has 0 bridgehead atoms. The van der Waals surface area contributed by atoms with E-state index in [0.29, 0.717) is 17.1 Å². The van der Waals surface area contributed by atoms with Gasteiger partial charge in [-0.1, -0.05) is 53.0 Å². The van der Waals surface area contributed by atoms with E-state index in [1.807, 2.05) is 6.07 Å². The highest BCUT2D eigenvalue weighted by Crippen LogP contribution is 2.43. The Hall–Kier alpha value is -1.65. The molecule has 1 aromatic rings. The Bertz CT molecular complexity index is 892. The molecule has 2 aliphatic rings. The van der Waals surface area contributed by atoms with Gasteiger partial charge in [0.05, 0.1) is 7.11 Å². The zero-order valence-electron chi connectivity index (χ0n) is 16.5. The van der Waals surface area contributed by atoms with E-state index in [1.54, 1.807) is 31.2 Å². The number of halogens is 3. The summed E-state index contributed by atoms with van der Waals surface area (Å²) in [7, 11) is 1.29. The first-order valence-electron chi connectivity index (χ1n) is 9.06. The summed E-state index contributed by atoms with van der Waals surface area (Å²) in [4.78, 5) is 44.6. The second-order valence-corrected chi connectivity index (χ2v) is 10.3. The first-order valence-corrected chi connectivity index (χ1v) is 11.2. The Morgan fingerprint density at radius 1 is 1.26 bits per heavy atom. The number of amides is 2. The summed E-state index contributed by atoms with van der Waals surface area (Å²) in [6, 6.07) is 7.88. The van der Waals surface area contributed by atoms with Gasteiger partial charge in [-0.2, -0.15) is 0 Å². The van der Waals surface area contributed by atoms with E-state index in [2.05, 4.69) is 0 Å². The molecule has 0 spiro atoms. The fraction of sp³-hybridized carbons (Fsp3) is 0.421. The summed E-state index contributed by atoms with van der Waals surface area (Å²) in [6.07, 6.45) is 0. The fourth-order valence-corrected chi connectivity index (χ4v) is 4.63. The lowest BCUT2D eigenvalue weighted by molar-refractivity contribution is -0.210.